The Balaban J connectivity index is 2.05. The van der Waals surface area contributed by atoms with E-state index < -0.39 is 0 Å². The third-order valence-electron chi connectivity index (χ3n) is 2.50. The number of hydrogen-bond acceptors (Lipinski definition) is 3. The molecule has 0 saturated heterocycles. The molecule has 1 heterocycles. The van der Waals surface area contributed by atoms with E-state index in [4.69, 9.17) is 4.74 Å². The zero-order valence-corrected chi connectivity index (χ0v) is 11.9. The van der Waals surface area contributed by atoms with E-state index in [1.54, 1.807) is 12.4 Å². The number of unbranched alkanes of at least 4 members (excludes halogenated alkanes) is 1. The third-order valence-corrected chi connectivity index (χ3v) is 2.91. The molecule has 0 spiro atoms. The van der Waals surface area contributed by atoms with Gasteiger partial charge in [-0.05, 0) is 46.6 Å². The number of rotatable bonds is 5. The Morgan fingerprint density at radius 3 is 2.39 bits per heavy atom. The lowest BCUT2D eigenvalue weighted by molar-refractivity contribution is 0.309. The van der Waals surface area contributed by atoms with E-state index in [1.807, 2.05) is 24.3 Å². The summed E-state index contributed by atoms with van der Waals surface area (Å²) in [5.74, 6) is 1.61. The molecule has 18 heavy (non-hydrogen) atoms. The number of benzene rings is 1. The van der Waals surface area contributed by atoms with E-state index in [-0.39, 0.29) is 0 Å². The summed E-state index contributed by atoms with van der Waals surface area (Å²) in [7, 11) is 0. The molecule has 0 atom stereocenters. The number of hydrogen-bond donors (Lipinski definition) is 0. The monoisotopic (exact) mass is 306 g/mol. The lowest BCUT2D eigenvalue weighted by Gasteiger charge is -2.06. The maximum absolute atomic E-state index is 5.61. The van der Waals surface area contributed by atoms with Gasteiger partial charge in [-0.25, -0.2) is 9.97 Å². The molecule has 0 bridgehead atoms. The van der Waals surface area contributed by atoms with Crippen LogP contribution >= 0.6 is 15.9 Å². The van der Waals surface area contributed by atoms with Gasteiger partial charge in [0, 0.05) is 18.0 Å². The minimum absolute atomic E-state index is 0.721. The molecule has 0 aliphatic rings. The van der Waals surface area contributed by atoms with Crippen LogP contribution in [0.4, 0.5) is 0 Å². The molecule has 0 saturated carbocycles. The van der Waals surface area contributed by atoms with Gasteiger partial charge in [0.1, 0.15) is 5.75 Å². The van der Waals surface area contributed by atoms with Crippen molar-refractivity contribution < 1.29 is 4.74 Å². The summed E-state index contributed by atoms with van der Waals surface area (Å²) in [6.07, 6.45) is 5.71. The van der Waals surface area contributed by atoms with Crippen molar-refractivity contribution in [2.45, 2.75) is 19.8 Å². The fourth-order valence-electron chi connectivity index (χ4n) is 1.50. The quantitative estimate of drug-likeness (QED) is 0.781. The summed E-state index contributed by atoms with van der Waals surface area (Å²) in [4.78, 5) is 8.51. The molecule has 0 amide bonds. The number of nitrogens with zero attached hydrogens (tertiary/aromatic N) is 2. The maximum atomic E-state index is 5.61. The SMILES string of the molecule is CCCCOc1ccc(-c2ncc(Br)cn2)cc1. The van der Waals surface area contributed by atoms with Crippen molar-refractivity contribution in [3.8, 4) is 17.1 Å². The van der Waals surface area contributed by atoms with E-state index in [0.29, 0.717) is 0 Å². The molecule has 3 nitrogen and oxygen atoms in total. The molecule has 0 fully saturated rings. The van der Waals surface area contributed by atoms with Crippen molar-refractivity contribution in [1.82, 2.24) is 9.97 Å². The van der Waals surface area contributed by atoms with Crippen LogP contribution in [-0.4, -0.2) is 16.6 Å². The Hall–Kier alpha value is -1.42. The molecule has 1 aromatic heterocycles. The van der Waals surface area contributed by atoms with Gasteiger partial charge in [-0.2, -0.15) is 0 Å². The van der Waals surface area contributed by atoms with Crippen molar-refractivity contribution >= 4 is 15.9 Å². The molecule has 0 N–H and O–H groups in total. The van der Waals surface area contributed by atoms with Gasteiger partial charge in [0.15, 0.2) is 5.82 Å². The van der Waals surface area contributed by atoms with Crippen LogP contribution in [0.5, 0.6) is 5.75 Å². The molecular formula is C14H15BrN2O. The highest BCUT2D eigenvalue weighted by atomic mass is 79.9. The van der Waals surface area contributed by atoms with E-state index in [1.165, 1.54) is 0 Å². The third kappa shape index (κ3) is 3.53. The molecular weight excluding hydrogens is 292 g/mol. The maximum Gasteiger partial charge on any atom is 0.159 e. The van der Waals surface area contributed by atoms with Crippen LogP contribution in [0.25, 0.3) is 11.4 Å². The van der Waals surface area contributed by atoms with Gasteiger partial charge in [-0.1, -0.05) is 13.3 Å². The molecule has 0 radical (unpaired) electrons. The second-order valence-corrected chi connectivity index (χ2v) is 4.87. The first-order valence-electron chi connectivity index (χ1n) is 6.00. The van der Waals surface area contributed by atoms with Gasteiger partial charge >= 0.3 is 0 Å². The van der Waals surface area contributed by atoms with Crippen molar-refractivity contribution in [2.24, 2.45) is 0 Å². The van der Waals surface area contributed by atoms with E-state index in [9.17, 15) is 0 Å². The van der Waals surface area contributed by atoms with Crippen LogP contribution < -0.4 is 4.74 Å². The Morgan fingerprint density at radius 2 is 1.78 bits per heavy atom. The summed E-state index contributed by atoms with van der Waals surface area (Å²) >= 11 is 3.32. The molecule has 2 aromatic rings. The molecule has 1 aromatic carbocycles. The normalized spacial score (nSPS) is 10.3. The zero-order chi connectivity index (χ0) is 12.8. The van der Waals surface area contributed by atoms with E-state index in [0.717, 1.165) is 41.1 Å². The first kappa shape index (κ1) is 13.0. The predicted molar refractivity (Wildman–Crippen MR) is 75.6 cm³/mol. The van der Waals surface area contributed by atoms with Gasteiger partial charge in [-0.15, -0.1) is 0 Å². The number of ether oxygens (including phenoxy) is 1. The highest BCUT2D eigenvalue weighted by Gasteiger charge is 2.01. The second-order valence-electron chi connectivity index (χ2n) is 3.95. The Labute approximate surface area is 115 Å². The van der Waals surface area contributed by atoms with Gasteiger partial charge < -0.3 is 4.74 Å². The Kier molecular flexibility index (Phi) is 4.70. The number of aromatic nitrogens is 2. The smallest absolute Gasteiger partial charge is 0.159 e. The first-order chi connectivity index (χ1) is 8.79. The summed E-state index contributed by atoms with van der Waals surface area (Å²) in [5, 5.41) is 0. The lowest BCUT2D eigenvalue weighted by Crippen LogP contribution is -1.96. The average molecular weight is 307 g/mol. The predicted octanol–water partition coefficient (Wildman–Crippen LogP) is 4.09. The molecule has 0 unspecified atom stereocenters. The van der Waals surface area contributed by atoms with Crippen molar-refractivity contribution in [3.05, 3.63) is 41.1 Å². The summed E-state index contributed by atoms with van der Waals surface area (Å²) < 4.78 is 6.49. The van der Waals surface area contributed by atoms with E-state index >= 15 is 0 Å². The van der Waals surface area contributed by atoms with Crippen LogP contribution in [0.1, 0.15) is 19.8 Å². The topological polar surface area (TPSA) is 35.0 Å². The fraction of sp³-hybridized carbons (Fsp3) is 0.286. The summed E-state index contributed by atoms with van der Waals surface area (Å²) in [6, 6.07) is 7.86. The highest BCUT2D eigenvalue weighted by Crippen LogP contribution is 2.20. The van der Waals surface area contributed by atoms with Crippen molar-refractivity contribution in [1.29, 1.82) is 0 Å². The Morgan fingerprint density at radius 1 is 1.11 bits per heavy atom. The molecule has 94 valence electrons. The van der Waals surface area contributed by atoms with Gasteiger partial charge in [0.25, 0.3) is 0 Å². The van der Waals surface area contributed by atoms with Crippen LogP contribution in [0.15, 0.2) is 41.1 Å². The van der Waals surface area contributed by atoms with Crippen molar-refractivity contribution in [3.63, 3.8) is 0 Å². The molecule has 0 aliphatic carbocycles. The Bertz CT molecular complexity index is 482. The van der Waals surface area contributed by atoms with Crippen LogP contribution in [0.2, 0.25) is 0 Å². The standard InChI is InChI=1S/C14H15BrN2O/c1-2-3-8-18-13-6-4-11(5-7-13)14-16-9-12(15)10-17-14/h4-7,9-10H,2-3,8H2,1H3. The molecule has 2 rings (SSSR count). The average Bonchev–Trinajstić information content (AvgIpc) is 2.41. The fourth-order valence-corrected chi connectivity index (χ4v) is 1.70. The summed E-state index contributed by atoms with van der Waals surface area (Å²) in [5.41, 5.74) is 0.991. The lowest BCUT2D eigenvalue weighted by atomic mass is 10.2. The van der Waals surface area contributed by atoms with Crippen LogP contribution in [-0.2, 0) is 0 Å². The minimum Gasteiger partial charge on any atom is -0.494 e. The highest BCUT2D eigenvalue weighted by molar-refractivity contribution is 9.10. The van der Waals surface area contributed by atoms with Gasteiger partial charge in [-0.3, -0.25) is 0 Å². The molecule has 4 heteroatoms. The largest absolute Gasteiger partial charge is 0.494 e. The van der Waals surface area contributed by atoms with Gasteiger partial charge in [0.05, 0.1) is 11.1 Å². The zero-order valence-electron chi connectivity index (χ0n) is 10.3. The van der Waals surface area contributed by atoms with E-state index in [2.05, 4.69) is 32.8 Å². The first-order valence-corrected chi connectivity index (χ1v) is 6.79. The van der Waals surface area contributed by atoms with Crippen molar-refractivity contribution in [2.75, 3.05) is 6.61 Å². The second kappa shape index (κ2) is 6.50. The van der Waals surface area contributed by atoms with Crippen LogP contribution in [0.3, 0.4) is 0 Å². The van der Waals surface area contributed by atoms with Crippen LogP contribution in [0, 0.1) is 0 Å². The molecule has 0 aliphatic heterocycles. The summed E-state index contributed by atoms with van der Waals surface area (Å²) in [6.45, 7) is 2.92. The minimum atomic E-state index is 0.721. The van der Waals surface area contributed by atoms with Gasteiger partial charge in [0.2, 0.25) is 0 Å². The number of halogens is 1.